The Morgan fingerprint density at radius 3 is 2.71 bits per heavy atom. The standard InChI is InChI=1S/C17H10FN3O3/c18-10-6-7-11-12(8-10)19-16(23)13(14(11)22)17-20-15(21-24-17)9-4-2-1-3-5-9/h1-8H,(H2,19,22,23). The van der Waals surface area contributed by atoms with E-state index < -0.39 is 11.4 Å². The second-order valence-electron chi connectivity index (χ2n) is 5.16. The molecule has 0 aliphatic rings. The molecule has 2 aromatic carbocycles. The molecule has 4 rings (SSSR count). The second-order valence-corrected chi connectivity index (χ2v) is 5.16. The average molecular weight is 323 g/mol. The van der Waals surface area contributed by atoms with Gasteiger partial charge in [0.15, 0.2) is 0 Å². The van der Waals surface area contributed by atoms with Crippen molar-refractivity contribution in [2.75, 3.05) is 0 Å². The molecule has 24 heavy (non-hydrogen) atoms. The number of hydrogen-bond acceptors (Lipinski definition) is 5. The first-order valence-corrected chi connectivity index (χ1v) is 7.07. The summed E-state index contributed by atoms with van der Waals surface area (Å²) in [5.74, 6) is -0.672. The molecule has 0 aliphatic heterocycles. The summed E-state index contributed by atoms with van der Waals surface area (Å²) in [6.45, 7) is 0. The molecular formula is C17H10FN3O3. The third-order valence-corrected chi connectivity index (χ3v) is 3.62. The van der Waals surface area contributed by atoms with Gasteiger partial charge in [0.25, 0.3) is 11.4 Å². The summed E-state index contributed by atoms with van der Waals surface area (Å²) in [5.41, 5.74) is 0.105. The van der Waals surface area contributed by atoms with Gasteiger partial charge in [0.2, 0.25) is 5.82 Å². The molecule has 6 nitrogen and oxygen atoms in total. The van der Waals surface area contributed by atoms with E-state index in [0.29, 0.717) is 11.4 Å². The molecule has 0 unspecified atom stereocenters. The number of fused-ring (bicyclic) bond motifs is 1. The molecule has 0 atom stereocenters. The minimum absolute atomic E-state index is 0.112. The van der Waals surface area contributed by atoms with Gasteiger partial charge in [-0.05, 0) is 18.2 Å². The van der Waals surface area contributed by atoms with Crippen molar-refractivity contribution in [3.05, 3.63) is 64.7 Å². The lowest BCUT2D eigenvalue weighted by Crippen LogP contribution is -2.09. The number of rotatable bonds is 2. The summed E-state index contributed by atoms with van der Waals surface area (Å²) < 4.78 is 18.4. The number of halogens is 1. The Morgan fingerprint density at radius 1 is 1.12 bits per heavy atom. The van der Waals surface area contributed by atoms with Crippen molar-refractivity contribution >= 4 is 10.9 Å². The average Bonchev–Trinajstić information content (AvgIpc) is 3.05. The van der Waals surface area contributed by atoms with E-state index in [1.165, 1.54) is 12.1 Å². The number of nitrogens with zero attached hydrogens (tertiary/aromatic N) is 2. The predicted molar refractivity (Wildman–Crippen MR) is 84.9 cm³/mol. The summed E-state index contributed by atoms with van der Waals surface area (Å²) in [6.07, 6.45) is 0. The summed E-state index contributed by atoms with van der Waals surface area (Å²) >= 11 is 0. The quantitative estimate of drug-likeness (QED) is 0.591. The van der Waals surface area contributed by atoms with Crippen LogP contribution in [-0.2, 0) is 0 Å². The molecule has 7 heteroatoms. The summed E-state index contributed by atoms with van der Waals surface area (Å²) in [6, 6.07) is 12.8. The number of aromatic amines is 1. The van der Waals surface area contributed by atoms with Crippen molar-refractivity contribution in [1.29, 1.82) is 0 Å². The van der Waals surface area contributed by atoms with Crippen LogP contribution in [-0.4, -0.2) is 20.2 Å². The number of nitrogens with one attached hydrogen (secondary N) is 1. The highest BCUT2D eigenvalue weighted by Gasteiger charge is 2.20. The molecule has 2 N–H and O–H groups in total. The predicted octanol–water partition coefficient (Wildman–Crippen LogP) is 3.09. The van der Waals surface area contributed by atoms with Gasteiger partial charge in [-0.25, -0.2) is 4.39 Å². The monoisotopic (exact) mass is 323 g/mol. The molecular weight excluding hydrogens is 313 g/mol. The van der Waals surface area contributed by atoms with Gasteiger partial charge in [0.1, 0.15) is 17.1 Å². The molecule has 4 aromatic rings. The van der Waals surface area contributed by atoms with Crippen LogP contribution in [0, 0.1) is 5.82 Å². The molecule has 0 saturated heterocycles. The first kappa shape index (κ1) is 14.1. The SMILES string of the molecule is O=c1[nH]c2cc(F)ccc2c(O)c1-c1nc(-c2ccccc2)no1. The van der Waals surface area contributed by atoms with E-state index >= 15 is 0 Å². The molecule has 0 radical (unpaired) electrons. The van der Waals surface area contributed by atoms with Crippen molar-refractivity contribution in [2.24, 2.45) is 0 Å². The van der Waals surface area contributed by atoms with Crippen LogP contribution >= 0.6 is 0 Å². The molecule has 0 saturated carbocycles. The maximum Gasteiger partial charge on any atom is 0.267 e. The normalized spacial score (nSPS) is 11.0. The fourth-order valence-corrected chi connectivity index (χ4v) is 2.48. The van der Waals surface area contributed by atoms with E-state index in [-0.39, 0.29) is 28.1 Å². The van der Waals surface area contributed by atoms with Crippen molar-refractivity contribution in [3.8, 4) is 28.6 Å². The Morgan fingerprint density at radius 2 is 1.92 bits per heavy atom. The third kappa shape index (κ3) is 2.23. The van der Waals surface area contributed by atoms with Crippen LogP contribution in [0.2, 0.25) is 0 Å². The molecule has 2 aromatic heterocycles. The summed E-state index contributed by atoms with van der Waals surface area (Å²) in [5, 5.41) is 14.5. The van der Waals surface area contributed by atoms with Gasteiger partial charge in [0, 0.05) is 10.9 Å². The van der Waals surface area contributed by atoms with Gasteiger partial charge >= 0.3 is 0 Å². The van der Waals surface area contributed by atoms with Crippen LogP contribution in [0.3, 0.4) is 0 Å². The smallest absolute Gasteiger partial charge is 0.267 e. The van der Waals surface area contributed by atoms with E-state index in [0.717, 1.165) is 6.07 Å². The first-order chi connectivity index (χ1) is 11.6. The van der Waals surface area contributed by atoms with Gasteiger partial charge in [-0.2, -0.15) is 4.98 Å². The topological polar surface area (TPSA) is 92.0 Å². The number of H-pyrrole nitrogens is 1. The van der Waals surface area contributed by atoms with Gasteiger partial charge in [0.05, 0.1) is 5.52 Å². The number of aromatic hydroxyl groups is 1. The number of pyridine rings is 1. The first-order valence-electron chi connectivity index (χ1n) is 7.07. The Kier molecular flexibility index (Phi) is 3.13. The molecule has 118 valence electrons. The summed E-state index contributed by atoms with van der Waals surface area (Å²) in [7, 11) is 0. The zero-order valence-electron chi connectivity index (χ0n) is 12.2. The Hall–Kier alpha value is -3.48. The van der Waals surface area contributed by atoms with E-state index in [1.807, 2.05) is 18.2 Å². The molecule has 0 aliphatic carbocycles. The highest BCUT2D eigenvalue weighted by molar-refractivity contribution is 5.90. The van der Waals surface area contributed by atoms with Crippen molar-refractivity contribution < 1.29 is 14.0 Å². The van der Waals surface area contributed by atoms with Gasteiger partial charge < -0.3 is 14.6 Å². The van der Waals surface area contributed by atoms with E-state index in [4.69, 9.17) is 4.52 Å². The zero-order chi connectivity index (χ0) is 16.7. The lowest BCUT2D eigenvalue weighted by Gasteiger charge is -2.04. The lowest BCUT2D eigenvalue weighted by atomic mass is 10.1. The number of hydrogen-bond donors (Lipinski definition) is 2. The number of benzene rings is 2. The number of aromatic nitrogens is 3. The van der Waals surface area contributed by atoms with Crippen molar-refractivity contribution in [3.63, 3.8) is 0 Å². The minimum atomic E-state index is -0.645. The van der Waals surface area contributed by atoms with Crippen molar-refractivity contribution in [1.82, 2.24) is 15.1 Å². The minimum Gasteiger partial charge on any atom is -0.506 e. The highest BCUT2D eigenvalue weighted by Crippen LogP contribution is 2.32. The molecule has 0 amide bonds. The van der Waals surface area contributed by atoms with Crippen LogP contribution in [0.1, 0.15) is 0 Å². The van der Waals surface area contributed by atoms with Crippen LogP contribution < -0.4 is 5.56 Å². The van der Waals surface area contributed by atoms with Gasteiger partial charge in [-0.3, -0.25) is 4.79 Å². The van der Waals surface area contributed by atoms with Crippen LogP contribution in [0.5, 0.6) is 5.75 Å². The van der Waals surface area contributed by atoms with E-state index in [1.54, 1.807) is 12.1 Å². The van der Waals surface area contributed by atoms with Gasteiger partial charge in [-0.1, -0.05) is 35.5 Å². The Bertz CT molecular complexity index is 1100. The lowest BCUT2D eigenvalue weighted by molar-refractivity contribution is 0.426. The van der Waals surface area contributed by atoms with Crippen LogP contribution in [0.4, 0.5) is 4.39 Å². The fraction of sp³-hybridized carbons (Fsp3) is 0. The van der Waals surface area contributed by atoms with E-state index in [9.17, 15) is 14.3 Å². The maximum absolute atomic E-state index is 13.3. The van der Waals surface area contributed by atoms with E-state index in [2.05, 4.69) is 15.1 Å². The highest BCUT2D eigenvalue weighted by atomic mass is 19.1. The van der Waals surface area contributed by atoms with Crippen LogP contribution in [0.15, 0.2) is 57.8 Å². The van der Waals surface area contributed by atoms with Gasteiger partial charge in [-0.15, -0.1) is 0 Å². The fourth-order valence-electron chi connectivity index (χ4n) is 2.48. The zero-order valence-corrected chi connectivity index (χ0v) is 12.2. The third-order valence-electron chi connectivity index (χ3n) is 3.62. The molecule has 0 bridgehead atoms. The van der Waals surface area contributed by atoms with Crippen molar-refractivity contribution in [2.45, 2.75) is 0 Å². The Balaban J connectivity index is 1.90. The summed E-state index contributed by atoms with van der Waals surface area (Å²) in [4.78, 5) is 18.9. The molecule has 0 spiro atoms. The maximum atomic E-state index is 13.3. The van der Waals surface area contributed by atoms with Crippen LogP contribution in [0.25, 0.3) is 33.7 Å². The second kappa shape index (κ2) is 5.31. The Labute approximate surface area is 134 Å². The largest absolute Gasteiger partial charge is 0.506 e. The molecule has 0 fully saturated rings. The molecule has 2 heterocycles.